The normalized spacial score (nSPS) is 9.92. The molecule has 1 N–H and O–H groups in total. The Hall–Kier alpha value is -3.62. The predicted molar refractivity (Wildman–Crippen MR) is 91.6 cm³/mol. The summed E-state index contributed by atoms with van der Waals surface area (Å²) < 4.78 is 15.1. The van der Waals surface area contributed by atoms with Gasteiger partial charge in [0.1, 0.15) is 22.7 Å². The molecule has 0 aliphatic rings. The van der Waals surface area contributed by atoms with Crippen LogP contribution in [-0.2, 0) is 9.53 Å². The summed E-state index contributed by atoms with van der Waals surface area (Å²) in [5.41, 5.74) is -0.163. The zero-order valence-corrected chi connectivity index (χ0v) is 14.1. The van der Waals surface area contributed by atoms with E-state index in [-0.39, 0.29) is 22.7 Å². The minimum Gasteiger partial charge on any atom is -0.497 e. The molecule has 0 atom stereocenters. The van der Waals surface area contributed by atoms with Gasteiger partial charge in [0, 0.05) is 6.07 Å². The number of ether oxygens (including phenoxy) is 3. The van der Waals surface area contributed by atoms with Crippen LogP contribution in [0.1, 0.15) is 10.4 Å². The van der Waals surface area contributed by atoms with Crippen molar-refractivity contribution in [2.24, 2.45) is 0 Å². The highest BCUT2D eigenvalue weighted by Crippen LogP contribution is 2.25. The van der Waals surface area contributed by atoms with Gasteiger partial charge in [0.25, 0.3) is 11.6 Å². The van der Waals surface area contributed by atoms with E-state index < -0.39 is 23.4 Å². The van der Waals surface area contributed by atoms with E-state index in [0.29, 0.717) is 5.75 Å². The van der Waals surface area contributed by atoms with E-state index in [1.54, 1.807) is 6.07 Å². The molecule has 0 radical (unpaired) electrons. The molecule has 0 aliphatic carbocycles. The summed E-state index contributed by atoms with van der Waals surface area (Å²) in [4.78, 5) is 34.4. The largest absolute Gasteiger partial charge is 0.497 e. The summed E-state index contributed by atoms with van der Waals surface area (Å²) in [5.74, 6) is -0.829. The Morgan fingerprint density at radius 1 is 1.12 bits per heavy atom. The summed E-state index contributed by atoms with van der Waals surface area (Å²) in [6.45, 7) is -0.620. The highest BCUT2D eigenvalue weighted by molar-refractivity contribution is 5.98. The molecule has 2 aromatic rings. The van der Waals surface area contributed by atoms with Gasteiger partial charge < -0.3 is 19.5 Å². The van der Waals surface area contributed by atoms with Gasteiger partial charge in [0.15, 0.2) is 6.61 Å². The molecule has 9 heteroatoms. The highest BCUT2D eigenvalue weighted by Gasteiger charge is 2.18. The fraction of sp³-hybridized carbons (Fsp3) is 0.176. The van der Waals surface area contributed by atoms with Crippen LogP contribution in [0.25, 0.3) is 0 Å². The minimum absolute atomic E-state index is 0.0116. The third kappa shape index (κ3) is 4.47. The summed E-state index contributed by atoms with van der Waals surface area (Å²) in [7, 11) is 2.83. The van der Waals surface area contributed by atoms with Crippen LogP contribution in [0.2, 0.25) is 0 Å². The van der Waals surface area contributed by atoms with Crippen LogP contribution in [0.4, 0.5) is 11.4 Å². The SMILES string of the molecule is COc1ccc(OC)c(C(=O)OCC(=O)Nc2ccccc2[N+](=O)[O-])c1. The maximum Gasteiger partial charge on any atom is 0.342 e. The molecule has 0 aliphatic heterocycles. The second-order valence-corrected chi connectivity index (χ2v) is 4.96. The Morgan fingerprint density at radius 3 is 2.50 bits per heavy atom. The number of nitrogens with one attached hydrogen (secondary N) is 1. The smallest absolute Gasteiger partial charge is 0.342 e. The molecular weight excluding hydrogens is 344 g/mol. The number of nitro groups is 1. The summed E-state index contributed by atoms with van der Waals surface area (Å²) in [6, 6.07) is 10.2. The van der Waals surface area contributed by atoms with Crippen LogP contribution < -0.4 is 14.8 Å². The molecule has 26 heavy (non-hydrogen) atoms. The topological polar surface area (TPSA) is 117 Å². The lowest BCUT2D eigenvalue weighted by Gasteiger charge is -2.10. The molecule has 0 fully saturated rings. The first-order valence-corrected chi connectivity index (χ1v) is 7.38. The van der Waals surface area contributed by atoms with Gasteiger partial charge in [-0.15, -0.1) is 0 Å². The molecule has 9 nitrogen and oxygen atoms in total. The van der Waals surface area contributed by atoms with Crippen molar-refractivity contribution in [3.63, 3.8) is 0 Å². The van der Waals surface area contributed by atoms with E-state index >= 15 is 0 Å². The van der Waals surface area contributed by atoms with E-state index in [1.165, 1.54) is 50.6 Å². The number of nitrogens with zero attached hydrogens (tertiary/aromatic N) is 1. The van der Waals surface area contributed by atoms with Gasteiger partial charge >= 0.3 is 5.97 Å². The maximum absolute atomic E-state index is 12.2. The first-order valence-electron chi connectivity index (χ1n) is 7.38. The number of rotatable bonds is 7. The van der Waals surface area contributed by atoms with Gasteiger partial charge in [-0.05, 0) is 24.3 Å². The van der Waals surface area contributed by atoms with E-state index in [1.807, 2.05) is 0 Å². The zero-order chi connectivity index (χ0) is 19.1. The van der Waals surface area contributed by atoms with Crippen molar-refractivity contribution in [2.45, 2.75) is 0 Å². The molecule has 0 unspecified atom stereocenters. The van der Waals surface area contributed by atoms with E-state index in [4.69, 9.17) is 14.2 Å². The van der Waals surface area contributed by atoms with E-state index in [9.17, 15) is 19.7 Å². The fourth-order valence-electron chi connectivity index (χ4n) is 2.11. The van der Waals surface area contributed by atoms with Crippen molar-refractivity contribution in [3.8, 4) is 11.5 Å². The van der Waals surface area contributed by atoms with Crippen molar-refractivity contribution >= 4 is 23.3 Å². The Kier molecular flexibility index (Phi) is 6.10. The number of carbonyl (C=O) groups excluding carboxylic acids is 2. The predicted octanol–water partition coefficient (Wildman–Crippen LogP) is 2.41. The third-order valence-corrected chi connectivity index (χ3v) is 3.34. The van der Waals surface area contributed by atoms with Crippen LogP contribution in [0.5, 0.6) is 11.5 Å². The molecule has 0 spiro atoms. The Labute approximate surface area is 148 Å². The standard InChI is InChI=1S/C17H16N2O7/c1-24-11-7-8-15(25-2)12(9-11)17(21)26-10-16(20)18-13-5-3-4-6-14(13)19(22)23/h3-9H,10H2,1-2H3,(H,18,20). The molecular formula is C17H16N2O7. The van der Waals surface area contributed by atoms with E-state index in [0.717, 1.165) is 0 Å². The highest BCUT2D eigenvalue weighted by atomic mass is 16.6. The molecule has 0 heterocycles. The number of nitro benzene ring substituents is 1. The number of esters is 1. The molecule has 2 aromatic carbocycles. The molecule has 136 valence electrons. The summed E-state index contributed by atoms with van der Waals surface area (Å²) >= 11 is 0. The van der Waals surface area contributed by atoms with Crippen LogP contribution in [0.15, 0.2) is 42.5 Å². The molecule has 2 rings (SSSR count). The van der Waals surface area contributed by atoms with Gasteiger partial charge in [0.2, 0.25) is 0 Å². The molecule has 0 saturated heterocycles. The second kappa shape index (κ2) is 8.47. The molecule has 0 aromatic heterocycles. The van der Waals surface area contributed by atoms with Gasteiger partial charge in [-0.2, -0.15) is 0 Å². The van der Waals surface area contributed by atoms with Crippen molar-refractivity contribution in [1.82, 2.24) is 0 Å². The maximum atomic E-state index is 12.2. The Morgan fingerprint density at radius 2 is 1.85 bits per heavy atom. The van der Waals surface area contributed by atoms with E-state index in [2.05, 4.69) is 5.32 Å². The number of hydrogen-bond donors (Lipinski definition) is 1. The lowest BCUT2D eigenvalue weighted by Crippen LogP contribution is -2.21. The lowest BCUT2D eigenvalue weighted by molar-refractivity contribution is -0.383. The first-order chi connectivity index (χ1) is 12.5. The molecule has 0 bridgehead atoms. The van der Waals surface area contributed by atoms with Crippen LogP contribution in [0, 0.1) is 10.1 Å². The number of hydrogen-bond acceptors (Lipinski definition) is 7. The number of amides is 1. The number of anilines is 1. The van der Waals surface area contributed by atoms with Gasteiger partial charge in [-0.1, -0.05) is 12.1 Å². The average Bonchev–Trinajstić information content (AvgIpc) is 2.65. The van der Waals surface area contributed by atoms with Gasteiger partial charge in [0.05, 0.1) is 19.1 Å². The number of para-hydroxylation sites is 2. The third-order valence-electron chi connectivity index (χ3n) is 3.34. The minimum atomic E-state index is -0.793. The van der Waals surface area contributed by atoms with Crippen LogP contribution >= 0.6 is 0 Å². The van der Waals surface area contributed by atoms with Crippen molar-refractivity contribution in [1.29, 1.82) is 0 Å². The summed E-state index contributed by atoms with van der Waals surface area (Å²) in [6.07, 6.45) is 0. The van der Waals surface area contributed by atoms with Gasteiger partial charge in [-0.25, -0.2) is 4.79 Å². The van der Waals surface area contributed by atoms with Crippen LogP contribution in [0.3, 0.4) is 0 Å². The van der Waals surface area contributed by atoms with Crippen molar-refractivity contribution < 1.29 is 28.7 Å². The average molecular weight is 360 g/mol. The van der Waals surface area contributed by atoms with Crippen molar-refractivity contribution in [2.75, 3.05) is 26.1 Å². The Bertz CT molecular complexity index is 836. The van der Waals surface area contributed by atoms with Crippen molar-refractivity contribution in [3.05, 3.63) is 58.1 Å². The zero-order valence-electron chi connectivity index (χ0n) is 14.1. The first kappa shape index (κ1) is 18.7. The molecule has 1 amide bonds. The second-order valence-electron chi connectivity index (χ2n) is 4.96. The molecule has 0 saturated carbocycles. The fourth-order valence-corrected chi connectivity index (χ4v) is 2.11. The lowest BCUT2D eigenvalue weighted by atomic mass is 10.2. The summed E-state index contributed by atoms with van der Waals surface area (Å²) in [5, 5.41) is 13.3. The Balaban J connectivity index is 2.04. The quantitative estimate of drug-likeness (QED) is 0.458. The van der Waals surface area contributed by atoms with Gasteiger partial charge in [-0.3, -0.25) is 14.9 Å². The number of methoxy groups -OCH3 is 2. The number of benzene rings is 2. The van der Waals surface area contributed by atoms with Crippen LogP contribution in [-0.4, -0.2) is 37.6 Å². The number of carbonyl (C=O) groups is 2. The monoisotopic (exact) mass is 360 g/mol.